The van der Waals surface area contributed by atoms with Crippen molar-refractivity contribution >= 4 is 51.7 Å². The van der Waals surface area contributed by atoms with Crippen LogP contribution in [0.3, 0.4) is 0 Å². The molecule has 3 aromatic carbocycles. The summed E-state index contributed by atoms with van der Waals surface area (Å²) < 4.78 is 0. The first-order valence-corrected chi connectivity index (χ1v) is 9.51. The number of fused-ring (bicyclic) bond motifs is 1. The van der Waals surface area contributed by atoms with Gasteiger partial charge in [-0.05, 0) is 48.1 Å². The highest BCUT2D eigenvalue weighted by atomic mass is 35.5. The molecule has 0 aliphatic carbocycles. The van der Waals surface area contributed by atoms with Crippen molar-refractivity contribution in [2.45, 2.75) is 0 Å². The number of nitrogens with one attached hydrogen (secondary N) is 3. The number of hydrogen-bond acceptors (Lipinski definition) is 2. The summed E-state index contributed by atoms with van der Waals surface area (Å²) in [5.74, 6) is 0. The SMILES string of the molecule is S=C(NN=Cc1c(-c2ccc(Cl)cc2)[nH]c2ccccc12)Nc1ccccc1. The molecule has 28 heavy (non-hydrogen) atoms. The van der Waals surface area contributed by atoms with Crippen molar-refractivity contribution in [1.82, 2.24) is 10.4 Å². The van der Waals surface area contributed by atoms with Crippen LogP contribution >= 0.6 is 23.8 Å². The van der Waals surface area contributed by atoms with Gasteiger partial charge in [0.05, 0.1) is 11.9 Å². The lowest BCUT2D eigenvalue weighted by molar-refractivity contribution is 1.05. The summed E-state index contributed by atoms with van der Waals surface area (Å²) in [6.07, 6.45) is 1.78. The van der Waals surface area contributed by atoms with E-state index in [1.807, 2.05) is 72.8 Å². The third-order valence-corrected chi connectivity index (χ3v) is 4.72. The number of halogens is 1. The molecule has 0 fully saturated rings. The van der Waals surface area contributed by atoms with Gasteiger partial charge in [0.2, 0.25) is 0 Å². The monoisotopic (exact) mass is 404 g/mol. The fraction of sp³-hybridized carbons (Fsp3) is 0. The smallest absolute Gasteiger partial charge is 0.191 e. The zero-order valence-electron chi connectivity index (χ0n) is 14.8. The standard InChI is InChI=1S/C22H17ClN4S/c23-16-12-10-15(11-13-16)21-19(18-8-4-5-9-20(18)26-21)14-24-27-22(28)25-17-6-2-1-3-7-17/h1-14,26H,(H2,25,27,28). The van der Waals surface area contributed by atoms with Crippen molar-refractivity contribution in [3.8, 4) is 11.3 Å². The van der Waals surface area contributed by atoms with Gasteiger partial charge in [-0.1, -0.05) is 60.1 Å². The summed E-state index contributed by atoms with van der Waals surface area (Å²) in [6, 6.07) is 25.6. The summed E-state index contributed by atoms with van der Waals surface area (Å²) in [5, 5.41) is 9.65. The van der Waals surface area contributed by atoms with Gasteiger partial charge < -0.3 is 10.3 Å². The number of H-pyrrole nitrogens is 1. The highest BCUT2D eigenvalue weighted by Crippen LogP contribution is 2.29. The zero-order valence-corrected chi connectivity index (χ0v) is 16.4. The Morgan fingerprint density at radius 1 is 0.929 bits per heavy atom. The third kappa shape index (κ3) is 4.06. The Morgan fingerprint density at radius 2 is 1.64 bits per heavy atom. The van der Waals surface area contributed by atoms with Crippen molar-refractivity contribution in [3.05, 3.63) is 89.4 Å². The van der Waals surface area contributed by atoms with E-state index in [4.69, 9.17) is 23.8 Å². The predicted octanol–water partition coefficient (Wildman–Crippen LogP) is 5.81. The molecule has 4 nitrogen and oxygen atoms in total. The predicted molar refractivity (Wildman–Crippen MR) is 122 cm³/mol. The van der Waals surface area contributed by atoms with Gasteiger partial charge in [-0.15, -0.1) is 0 Å². The molecular formula is C22H17ClN4S. The molecule has 4 rings (SSSR count). The molecule has 0 spiro atoms. The summed E-state index contributed by atoms with van der Waals surface area (Å²) in [5.41, 5.74) is 7.81. The molecule has 4 aromatic rings. The minimum absolute atomic E-state index is 0.426. The molecule has 1 aromatic heterocycles. The summed E-state index contributed by atoms with van der Waals surface area (Å²) >= 11 is 11.3. The average Bonchev–Trinajstić information content (AvgIpc) is 3.08. The van der Waals surface area contributed by atoms with Crippen LogP contribution in [0.4, 0.5) is 5.69 Å². The molecule has 0 aliphatic heterocycles. The van der Waals surface area contributed by atoms with E-state index in [-0.39, 0.29) is 0 Å². The first-order chi connectivity index (χ1) is 13.7. The summed E-state index contributed by atoms with van der Waals surface area (Å²) in [6.45, 7) is 0. The number of aromatic nitrogens is 1. The van der Waals surface area contributed by atoms with Crippen molar-refractivity contribution in [3.63, 3.8) is 0 Å². The maximum absolute atomic E-state index is 6.03. The van der Waals surface area contributed by atoms with Crippen LogP contribution in [0.1, 0.15) is 5.56 Å². The number of nitrogens with zero attached hydrogens (tertiary/aromatic N) is 1. The summed E-state index contributed by atoms with van der Waals surface area (Å²) in [4.78, 5) is 3.47. The van der Waals surface area contributed by atoms with Crippen molar-refractivity contribution in [2.24, 2.45) is 5.10 Å². The van der Waals surface area contributed by atoms with E-state index >= 15 is 0 Å². The van der Waals surface area contributed by atoms with E-state index in [9.17, 15) is 0 Å². The van der Waals surface area contributed by atoms with Crippen LogP contribution < -0.4 is 10.7 Å². The third-order valence-electron chi connectivity index (χ3n) is 4.27. The molecule has 0 unspecified atom stereocenters. The molecule has 0 atom stereocenters. The lowest BCUT2D eigenvalue weighted by atomic mass is 10.1. The molecule has 3 N–H and O–H groups in total. The van der Waals surface area contributed by atoms with E-state index in [2.05, 4.69) is 26.9 Å². The highest BCUT2D eigenvalue weighted by Gasteiger charge is 2.11. The van der Waals surface area contributed by atoms with Crippen LogP contribution in [0, 0.1) is 0 Å². The van der Waals surface area contributed by atoms with Gasteiger partial charge in [0.25, 0.3) is 0 Å². The summed E-state index contributed by atoms with van der Waals surface area (Å²) in [7, 11) is 0. The molecular weight excluding hydrogens is 388 g/mol. The van der Waals surface area contributed by atoms with Crippen molar-refractivity contribution in [1.29, 1.82) is 0 Å². The average molecular weight is 405 g/mol. The van der Waals surface area contributed by atoms with Crippen LogP contribution in [0.15, 0.2) is 84.0 Å². The number of hydrogen-bond donors (Lipinski definition) is 3. The van der Waals surface area contributed by atoms with Gasteiger partial charge in [-0.3, -0.25) is 5.43 Å². The molecule has 0 bridgehead atoms. The van der Waals surface area contributed by atoms with Gasteiger partial charge in [0.1, 0.15) is 0 Å². The van der Waals surface area contributed by atoms with Gasteiger partial charge in [0.15, 0.2) is 5.11 Å². The second-order valence-corrected chi connectivity index (χ2v) is 7.00. The molecule has 0 amide bonds. The Balaban J connectivity index is 1.60. The number of benzene rings is 3. The van der Waals surface area contributed by atoms with E-state index in [1.54, 1.807) is 6.21 Å². The number of aromatic amines is 1. The minimum Gasteiger partial charge on any atom is -0.354 e. The van der Waals surface area contributed by atoms with E-state index in [1.165, 1.54) is 0 Å². The number of hydrazone groups is 1. The van der Waals surface area contributed by atoms with E-state index < -0.39 is 0 Å². The quantitative estimate of drug-likeness (QED) is 0.228. The van der Waals surface area contributed by atoms with Crippen molar-refractivity contribution in [2.75, 3.05) is 5.32 Å². The highest BCUT2D eigenvalue weighted by molar-refractivity contribution is 7.80. The Bertz CT molecular complexity index is 1130. The first-order valence-electron chi connectivity index (χ1n) is 8.72. The number of para-hydroxylation sites is 2. The maximum atomic E-state index is 6.03. The Labute approximate surface area is 173 Å². The van der Waals surface area contributed by atoms with Crippen LogP contribution in [0.5, 0.6) is 0 Å². The fourth-order valence-electron chi connectivity index (χ4n) is 2.98. The Hall–Kier alpha value is -3.15. The second kappa shape index (κ2) is 8.25. The topological polar surface area (TPSA) is 52.2 Å². The minimum atomic E-state index is 0.426. The maximum Gasteiger partial charge on any atom is 0.191 e. The molecule has 6 heteroatoms. The Morgan fingerprint density at radius 3 is 2.43 bits per heavy atom. The largest absolute Gasteiger partial charge is 0.354 e. The first kappa shape index (κ1) is 18.2. The van der Waals surface area contributed by atoms with E-state index in [0.29, 0.717) is 10.1 Å². The number of thiocarbonyl (C=S) groups is 1. The molecule has 138 valence electrons. The van der Waals surface area contributed by atoms with Crippen LogP contribution in [0.25, 0.3) is 22.2 Å². The van der Waals surface area contributed by atoms with Gasteiger partial charge in [0, 0.05) is 27.2 Å². The zero-order chi connectivity index (χ0) is 19.3. The Kier molecular flexibility index (Phi) is 5.37. The molecule has 0 saturated heterocycles. The van der Waals surface area contributed by atoms with Crippen LogP contribution in [-0.2, 0) is 0 Å². The fourth-order valence-corrected chi connectivity index (χ4v) is 3.27. The van der Waals surface area contributed by atoms with Gasteiger partial charge >= 0.3 is 0 Å². The normalized spacial score (nSPS) is 11.0. The molecule has 1 heterocycles. The van der Waals surface area contributed by atoms with Crippen molar-refractivity contribution < 1.29 is 0 Å². The van der Waals surface area contributed by atoms with Gasteiger partial charge in [-0.2, -0.15) is 5.10 Å². The van der Waals surface area contributed by atoms with Crippen LogP contribution in [0.2, 0.25) is 5.02 Å². The molecule has 0 radical (unpaired) electrons. The number of rotatable bonds is 4. The van der Waals surface area contributed by atoms with Crippen LogP contribution in [-0.4, -0.2) is 16.3 Å². The molecule has 0 aliphatic rings. The lowest BCUT2D eigenvalue weighted by Crippen LogP contribution is -2.23. The van der Waals surface area contributed by atoms with Gasteiger partial charge in [-0.25, -0.2) is 0 Å². The van der Waals surface area contributed by atoms with E-state index in [0.717, 1.165) is 33.4 Å². The molecule has 0 saturated carbocycles. The lowest BCUT2D eigenvalue weighted by Gasteiger charge is -2.06. The number of anilines is 1. The second-order valence-electron chi connectivity index (χ2n) is 6.16.